The maximum Gasteiger partial charge on any atom is 0.387 e. The van der Waals surface area contributed by atoms with E-state index >= 15 is 0 Å². The highest BCUT2D eigenvalue weighted by atomic mass is 19.3. The lowest BCUT2D eigenvalue weighted by molar-refractivity contribution is -0.385. The predicted octanol–water partition coefficient (Wildman–Crippen LogP) is 2.32. The largest absolute Gasteiger partial charge is 0.435 e. The highest BCUT2D eigenvalue weighted by molar-refractivity contribution is 5.83. The van der Waals surface area contributed by atoms with E-state index in [1.807, 2.05) is 0 Å². The molecule has 0 aliphatic carbocycles. The molecular weight excluding hydrogens is 224 g/mol. The Morgan fingerprint density at radius 2 is 2.12 bits per heavy atom. The lowest BCUT2D eigenvalue weighted by atomic mass is 10.1. The molecule has 16 heavy (non-hydrogen) atoms. The summed E-state index contributed by atoms with van der Waals surface area (Å²) in [6.07, 6.45) is 0.226. The van der Waals surface area contributed by atoms with Gasteiger partial charge in [0.25, 0.3) is 5.69 Å². The second-order valence-corrected chi connectivity index (χ2v) is 2.93. The first-order valence-electron chi connectivity index (χ1n) is 4.14. The van der Waals surface area contributed by atoms with E-state index in [4.69, 9.17) is 0 Å². The van der Waals surface area contributed by atoms with Gasteiger partial charge >= 0.3 is 6.61 Å². The van der Waals surface area contributed by atoms with Crippen molar-refractivity contribution in [1.29, 1.82) is 0 Å². The van der Waals surface area contributed by atoms with Crippen molar-refractivity contribution in [2.24, 2.45) is 0 Å². The van der Waals surface area contributed by atoms with Crippen molar-refractivity contribution < 1.29 is 23.2 Å². The van der Waals surface area contributed by atoms with Crippen LogP contribution in [0, 0.1) is 17.0 Å². The van der Waals surface area contributed by atoms with E-state index in [0.29, 0.717) is 0 Å². The average Bonchev–Trinajstić information content (AvgIpc) is 2.14. The minimum Gasteiger partial charge on any atom is -0.435 e. The molecule has 0 saturated heterocycles. The molecule has 0 heterocycles. The molecule has 0 radical (unpaired) electrons. The summed E-state index contributed by atoms with van der Waals surface area (Å²) in [6, 6.07) is 1.99. The van der Waals surface area contributed by atoms with Crippen molar-refractivity contribution in [2.75, 3.05) is 0 Å². The maximum atomic E-state index is 11.9. The molecule has 0 fully saturated rings. The zero-order valence-corrected chi connectivity index (χ0v) is 8.15. The number of benzene rings is 1. The molecule has 0 unspecified atom stereocenters. The molecule has 7 heteroatoms. The Bertz CT molecular complexity index is 434. The molecule has 0 bridgehead atoms. The van der Waals surface area contributed by atoms with Gasteiger partial charge in [-0.1, -0.05) is 0 Å². The molecular formula is C9H7F2NO4. The summed E-state index contributed by atoms with van der Waals surface area (Å²) in [7, 11) is 0. The number of nitro groups is 1. The van der Waals surface area contributed by atoms with Crippen LogP contribution < -0.4 is 4.74 Å². The van der Waals surface area contributed by atoms with Gasteiger partial charge in [-0.05, 0) is 19.1 Å². The molecule has 0 amide bonds. The first-order valence-corrected chi connectivity index (χ1v) is 4.14. The first-order chi connectivity index (χ1) is 7.45. The molecule has 86 valence electrons. The molecule has 0 saturated carbocycles. The third kappa shape index (κ3) is 2.50. The van der Waals surface area contributed by atoms with Crippen LogP contribution in [0.5, 0.6) is 5.75 Å². The summed E-state index contributed by atoms with van der Waals surface area (Å²) in [5.74, 6) is -0.278. The minimum atomic E-state index is -3.04. The topological polar surface area (TPSA) is 69.4 Å². The summed E-state index contributed by atoms with van der Waals surface area (Å²) >= 11 is 0. The van der Waals surface area contributed by atoms with E-state index in [9.17, 15) is 23.7 Å². The Kier molecular flexibility index (Phi) is 3.49. The second kappa shape index (κ2) is 4.65. The summed E-state index contributed by atoms with van der Waals surface area (Å²) in [6.45, 7) is -1.70. The van der Waals surface area contributed by atoms with E-state index in [1.165, 1.54) is 6.92 Å². The number of carbonyl (C=O) groups is 1. The molecule has 0 N–H and O–H groups in total. The summed E-state index contributed by atoms with van der Waals surface area (Å²) in [4.78, 5) is 20.4. The number of alkyl halides is 2. The third-order valence-electron chi connectivity index (χ3n) is 1.84. The molecule has 0 aliphatic heterocycles. The van der Waals surface area contributed by atoms with Gasteiger partial charge in [0, 0.05) is 5.56 Å². The van der Waals surface area contributed by atoms with Crippen LogP contribution in [0.4, 0.5) is 14.5 Å². The van der Waals surface area contributed by atoms with Crippen LogP contribution in [0.1, 0.15) is 15.9 Å². The number of ether oxygens (including phenoxy) is 1. The number of hydrogen-bond acceptors (Lipinski definition) is 4. The number of rotatable bonds is 4. The van der Waals surface area contributed by atoms with Crippen molar-refractivity contribution in [3.05, 3.63) is 33.4 Å². The molecule has 5 nitrogen and oxygen atoms in total. The number of nitro benzene ring substituents is 1. The third-order valence-corrected chi connectivity index (χ3v) is 1.84. The van der Waals surface area contributed by atoms with Crippen LogP contribution >= 0.6 is 0 Å². The predicted molar refractivity (Wildman–Crippen MR) is 49.9 cm³/mol. The first kappa shape index (κ1) is 12.0. The van der Waals surface area contributed by atoms with Crippen LogP contribution in [0.15, 0.2) is 12.1 Å². The lowest BCUT2D eigenvalue weighted by Gasteiger charge is -2.06. The zero-order valence-electron chi connectivity index (χ0n) is 8.15. The Labute approximate surface area is 88.8 Å². The van der Waals surface area contributed by atoms with Crippen LogP contribution in [0.25, 0.3) is 0 Å². The number of aryl methyl sites for hydroxylation is 1. The molecule has 1 aromatic rings. The van der Waals surface area contributed by atoms with Crippen molar-refractivity contribution in [3.63, 3.8) is 0 Å². The highest BCUT2D eigenvalue weighted by Crippen LogP contribution is 2.28. The Morgan fingerprint density at radius 3 is 2.56 bits per heavy atom. The van der Waals surface area contributed by atoms with Gasteiger partial charge in [-0.25, -0.2) is 0 Å². The summed E-state index contributed by atoms with van der Waals surface area (Å²) in [5, 5.41) is 10.6. The van der Waals surface area contributed by atoms with E-state index in [1.54, 1.807) is 0 Å². The summed E-state index contributed by atoms with van der Waals surface area (Å²) < 4.78 is 27.9. The fraction of sp³-hybridized carbons (Fsp3) is 0.222. The Balaban J connectivity index is 3.26. The molecule has 1 aromatic carbocycles. The van der Waals surface area contributed by atoms with E-state index in [-0.39, 0.29) is 23.2 Å². The fourth-order valence-electron chi connectivity index (χ4n) is 1.28. The monoisotopic (exact) mass is 231 g/mol. The molecule has 0 aromatic heterocycles. The summed E-state index contributed by atoms with van der Waals surface area (Å²) in [5.41, 5.74) is -0.609. The van der Waals surface area contributed by atoms with Crippen molar-refractivity contribution in [3.8, 4) is 5.75 Å². The van der Waals surface area contributed by atoms with Crippen molar-refractivity contribution in [2.45, 2.75) is 13.5 Å². The van der Waals surface area contributed by atoms with Crippen molar-refractivity contribution in [1.82, 2.24) is 0 Å². The fourth-order valence-corrected chi connectivity index (χ4v) is 1.28. The van der Waals surface area contributed by atoms with Gasteiger partial charge in [0.15, 0.2) is 6.29 Å². The van der Waals surface area contributed by atoms with Gasteiger partial charge in [0.05, 0.1) is 10.5 Å². The van der Waals surface area contributed by atoms with E-state index in [0.717, 1.165) is 12.1 Å². The maximum absolute atomic E-state index is 11.9. The number of carbonyl (C=O) groups excluding carboxylic acids is 1. The number of nitrogens with zero attached hydrogens (tertiary/aromatic N) is 1. The van der Waals surface area contributed by atoms with Crippen LogP contribution in [-0.2, 0) is 0 Å². The van der Waals surface area contributed by atoms with Gasteiger partial charge in [0.2, 0.25) is 0 Å². The van der Waals surface area contributed by atoms with Crippen molar-refractivity contribution >= 4 is 12.0 Å². The molecule has 0 aliphatic rings. The quantitative estimate of drug-likeness (QED) is 0.453. The average molecular weight is 231 g/mol. The SMILES string of the molecule is Cc1cc(OC(F)F)cc(C=O)c1[N+](=O)[O-]. The number of aldehydes is 1. The smallest absolute Gasteiger partial charge is 0.387 e. The van der Waals surface area contributed by atoms with E-state index < -0.39 is 17.2 Å². The Morgan fingerprint density at radius 1 is 1.50 bits per heavy atom. The van der Waals surface area contributed by atoms with Crippen LogP contribution in [0.2, 0.25) is 0 Å². The van der Waals surface area contributed by atoms with Gasteiger partial charge in [0.1, 0.15) is 5.75 Å². The lowest BCUT2D eigenvalue weighted by Crippen LogP contribution is -2.04. The number of hydrogen-bond donors (Lipinski definition) is 0. The molecule has 1 rings (SSSR count). The van der Waals surface area contributed by atoms with Crippen LogP contribution in [0.3, 0.4) is 0 Å². The Hall–Kier alpha value is -2.05. The minimum absolute atomic E-state index is 0.0882. The standard InChI is InChI=1S/C9H7F2NO4/c1-5-2-7(16-9(10)11)3-6(4-13)8(5)12(14)15/h2-4,9H,1H3. The van der Waals surface area contributed by atoms with Gasteiger partial charge in [-0.2, -0.15) is 8.78 Å². The highest BCUT2D eigenvalue weighted by Gasteiger charge is 2.19. The van der Waals surface area contributed by atoms with Gasteiger partial charge in [-0.15, -0.1) is 0 Å². The zero-order chi connectivity index (χ0) is 12.3. The van der Waals surface area contributed by atoms with Gasteiger partial charge in [-0.3, -0.25) is 14.9 Å². The van der Waals surface area contributed by atoms with Crippen LogP contribution in [-0.4, -0.2) is 17.8 Å². The van der Waals surface area contributed by atoms with E-state index in [2.05, 4.69) is 4.74 Å². The number of halogens is 2. The molecule has 0 atom stereocenters. The second-order valence-electron chi connectivity index (χ2n) is 2.93. The molecule has 0 spiro atoms. The normalized spacial score (nSPS) is 10.2. The van der Waals surface area contributed by atoms with Gasteiger partial charge < -0.3 is 4.74 Å².